The van der Waals surface area contributed by atoms with Crippen molar-refractivity contribution in [3.05, 3.63) is 35.9 Å². The summed E-state index contributed by atoms with van der Waals surface area (Å²) in [6.45, 7) is 4.05. The van der Waals surface area contributed by atoms with Gasteiger partial charge in [-0.3, -0.25) is 14.5 Å². The van der Waals surface area contributed by atoms with Gasteiger partial charge < -0.3 is 10.1 Å². The first-order chi connectivity index (χ1) is 11.0. The Morgan fingerprint density at radius 1 is 1.30 bits per heavy atom. The molecule has 1 aliphatic heterocycles. The second-order valence-electron chi connectivity index (χ2n) is 5.90. The molecular weight excluding hydrogens is 312 g/mol. The molecule has 1 amide bonds. The van der Waals surface area contributed by atoms with Crippen LogP contribution in [0.4, 0.5) is 0 Å². The van der Waals surface area contributed by atoms with Crippen LogP contribution in [0.3, 0.4) is 0 Å². The Kier molecular flexibility index (Phi) is 6.47. The molecule has 6 heteroatoms. The Hall–Kier alpha value is -1.53. The fourth-order valence-electron chi connectivity index (χ4n) is 2.76. The standard InChI is InChI=1S/C17H24N2O3S/c1-12(2)18-16(20)9-19-14(13-7-5-4-6-8-13)10-23-11-15(19)17(21)22-3/h4-8,12,14-15H,9-11H2,1-3H3,(H,18,20)/t14-,15-/m0/s1. The number of carbonyl (C=O) groups is 2. The van der Waals surface area contributed by atoms with Gasteiger partial charge in [0.15, 0.2) is 0 Å². The van der Waals surface area contributed by atoms with E-state index in [4.69, 9.17) is 4.74 Å². The summed E-state index contributed by atoms with van der Waals surface area (Å²) in [7, 11) is 1.39. The molecule has 5 nitrogen and oxygen atoms in total. The van der Waals surface area contributed by atoms with E-state index in [1.54, 1.807) is 11.8 Å². The minimum atomic E-state index is -0.401. The Labute approximate surface area is 141 Å². The lowest BCUT2D eigenvalue weighted by atomic mass is 10.0. The topological polar surface area (TPSA) is 58.6 Å². The van der Waals surface area contributed by atoms with Gasteiger partial charge in [0, 0.05) is 23.6 Å². The molecule has 1 saturated heterocycles. The van der Waals surface area contributed by atoms with Crippen LogP contribution < -0.4 is 5.32 Å². The van der Waals surface area contributed by atoms with E-state index in [1.807, 2.05) is 49.1 Å². The van der Waals surface area contributed by atoms with Crippen LogP contribution in [-0.4, -0.2) is 54.0 Å². The normalized spacial score (nSPS) is 21.9. The first-order valence-electron chi connectivity index (χ1n) is 7.78. The summed E-state index contributed by atoms with van der Waals surface area (Å²) in [5.41, 5.74) is 1.12. The lowest BCUT2D eigenvalue weighted by Crippen LogP contribution is -2.53. The van der Waals surface area contributed by atoms with E-state index < -0.39 is 6.04 Å². The van der Waals surface area contributed by atoms with E-state index in [-0.39, 0.29) is 30.5 Å². The summed E-state index contributed by atoms with van der Waals surface area (Å²) in [5, 5.41) is 2.90. The number of rotatable bonds is 5. The molecule has 0 bridgehead atoms. The van der Waals surface area contributed by atoms with Crippen LogP contribution in [-0.2, 0) is 14.3 Å². The third-order valence-electron chi connectivity index (χ3n) is 3.79. The number of carbonyl (C=O) groups excluding carboxylic acids is 2. The molecule has 0 aromatic heterocycles. The number of thioether (sulfide) groups is 1. The van der Waals surface area contributed by atoms with Crippen LogP contribution >= 0.6 is 11.8 Å². The highest BCUT2D eigenvalue weighted by atomic mass is 32.2. The molecule has 0 spiro atoms. The number of nitrogens with one attached hydrogen (secondary N) is 1. The first kappa shape index (κ1) is 17.8. The van der Waals surface area contributed by atoms with Gasteiger partial charge in [0.05, 0.1) is 13.7 Å². The maximum atomic E-state index is 12.2. The van der Waals surface area contributed by atoms with Gasteiger partial charge in [-0.05, 0) is 19.4 Å². The molecular formula is C17H24N2O3S. The van der Waals surface area contributed by atoms with E-state index in [2.05, 4.69) is 5.32 Å². The zero-order valence-electron chi connectivity index (χ0n) is 13.8. The Bertz CT molecular complexity index is 536. The zero-order valence-corrected chi connectivity index (χ0v) is 14.6. The van der Waals surface area contributed by atoms with Crippen molar-refractivity contribution in [3.63, 3.8) is 0 Å². The van der Waals surface area contributed by atoms with Crippen molar-refractivity contribution in [1.82, 2.24) is 10.2 Å². The molecule has 126 valence electrons. The van der Waals surface area contributed by atoms with Gasteiger partial charge in [-0.1, -0.05) is 30.3 Å². The predicted octanol–water partition coefficient (Wildman–Crippen LogP) is 1.84. The number of hydrogen-bond acceptors (Lipinski definition) is 5. The summed E-state index contributed by atoms with van der Waals surface area (Å²) in [6.07, 6.45) is 0. The fraction of sp³-hybridized carbons (Fsp3) is 0.529. The molecule has 1 aromatic rings. The van der Waals surface area contributed by atoms with Crippen LogP contribution in [0, 0.1) is 0 Å². The van der Waals surface area contributed by atoms with E-state index in [0.29, 0.717) is 5.75 Å². The molecule has 0 unspecified atom stereocenters. The molecule has 1 aromatic carbocycles. The summed E-state index contributed by atoms with van der Waals surface area (Å²) in [4.78, 5) is 26.4. The van der Waals surface area contributed by atoms with Gasteiger partial charge >= 0.3 is 5.97 Å². The average Bonchev–Trinajstić information content (AvgIpc) is 2.54. The minimum absolute atomic E-state index is 0.0250. The maximum Gasteiger partial charge on any atom is 0.323 e. The smallest absolute Gasteiger partial charge is 0.323 e. The molecule has 1 heterocycles. The number of methoxy groups -OCH3 is 1. The average molecular weight is 336 g/mol. The second kappa shape index (κ2) is 8.36. The van der Waals surface area contributed by atoms with Crippen molar-refractivity contribution in [3.8, 4) is 0 Å². The number of benzene rings is 1. The maximum absolute atomic E-state index is 12.2. The highest BCUT2D eigenvalue weighted by Crippen LogP contribution is 2.33. The molecule has 2 rings (SSSR count). The number of amides is 1. The van der Waals surface area contributed by atoms with Gasteiger partial charge in [0.2, 0.25) is 5.91 Å². The van der Waals surface area contributed by atoms with Gasteiger partial charge in [-0.15, -0.1) is 0 Å². The second-order valence-corrected chi connectivity index (χ2v) is 6.97. The third kappa shape index (κ3) is 4.72. The van der Waals surface area contributed by atoms with E-state index in [9.17, 15) is 9.59 Å². The Balaban J connectivity index is 2.24. The van der Waals surface area contributed by atoms with E-state index in [0.717, 1.165) is 11.3 Å². The van der Waals surface area contributed by atoms with Crippen LogP contribution in [0.1, 0.15) is 25.5 Å². The van der Waals surface area contributed by atoms with Crippen LogP contribution in [0.25, 0.3) is 0 Å². The summed E-state index contributed by atoms with van der Waals surface area (Å²) >= 11 is 1.72. The van der Waals surface area contributed by atoms with Crippen LogP contribution in [0.5, 0.6) is 0 Å². The van der Waals surface area contributed by atoms with Crippen molar-refractivity contribution in [2.45, 2.75) is 32.0 Å². The SMILES string of the molecule is COC(=O)[C@@H]1CSC[C@@H](c2ccccc2)N1CC(=O)NC(C)C. The lowest BCUT2D eigenvalue weighted by molar-refractivity contribution is -0.147. The molecule has 1 N–H and O–H groups in total. The summed E-state index contributed by atoms with van der Waals surface area (Å²) < 4.78 is 4.94. The molecule has 0 radical (unpaired) electrons. The minimum Gasteiger partial charge on any atom is -0.468 e. The van der Waals surface area contributed by atoms with Crippen molar-refractivity contribution in [1.29, 1.82) is 0 Å². The van der Waals surface area contributed by atoms with Crippen molar-refractivity contribution < 1.29 is 14.3 Å². The van der Waals surface area contributed by atoms with Crippen LogP contribution in [0.15, 0.2) is 30.3 Å². The highest BCUT2D eigenvalue weighted by Gasteiger charge is 2.37. The molecule has 2 atom stereocenters. The summed E-state index contributed by atoms with van der Waals surface area (Å²) in [6, 6.07) is 9.71. The van der Waals surface area contributed by atoms with Crippen LogP contribution in [0.2, 0.25) is 0 Å². The molecule has 23 heavy (non-hydrogen) atoms. The number of esters is 1. The van der Waals surface area contributed by atoms with Crippen molar-refractivity contribution in [2.24, 2.45) is 0 Å². The zero-order chi connectivity index (χ0) is 16.8. The van der Waals surface area contributed by atoms with E-state index in [1.165, 1.54) is 7.11 Å². The predicted molar refractivity (Wildman–Crippen MR) is 92.3 cm³/mol. The third-order valence-corrected chi connectivity index (χ3v) is 4.89. The Morgan fingerprint density at radius 3 is 2.61 bits per heavy atom. The van der Waals surface area contributed by atoms with Crippen molar-refractivity contribution in [2.75, 3.05) is 25.2 Å². The molecule has 1 fully saturated rings. The molecule has 0 saturated carbocycles. The number of ether oxygens (including phenoxy) is 1. The molecule has 0 aliphatic carbocycles. The van der Waals surface area contributed by atoms with Crippen molar-refractivity contribution >= 4 is 23.6 Å². The quantitative estimate of drug-likeness (QED) is 0.832. The fourth-order valence-corrected chi connectivity index (χ4v) is 4.05. The van der Waals surface area contributed by atoms with Gasteiger partial charge in [-0.2, -0.15) is 11.8 Å². The monoisotopic (exact) mass is 336 g/mol. The summed E-state index contributed by atoms with van der Waals surface area (Å²) in [5.74, 6) is 1.15. The van der Waals surface area contributed by atoms with Gasteiger partial charge in [-0.25, -0.2) is 0 Å². The number of nitrogens with zero attached hydrogens (tertiary/aromatic N) is 1. The van der Waals surface area contributed by atoms with E-state index >= 15 is 0 Å². The largest absolute Gasteiger partial charge is 0.468 e. The lowest BCUT2D eigenvalue weighted by Gasteiger charge is -2.40. The highest BCUT2D eigenvalue weighted by molar-refractivity contribution is 7.99. The number of hydrogen-bond donors (Lipinski definition) is 1. The molecule has 1 aliphatic rings. The Morgan fingerprint density at radius 2 is 2.00 bits per heavy atom. The first-order valence-corrected chi connectivity index (χ1v) is 8.94. The van der Waals surface area contributed by atoms with Gasteiger partial charge in [0.25, 0.3) is 0 Å². The van der Waals surface area contributed by atoms with Gasteiger partial charge in [0.1, 0.15) is 6.04 Å².